The van der Waals surface area contributed by atoms with Crippen molar-refractivity contribution in [3.63, 3.8) is 0 Å². The highest BCUT2D eigenvalue weighted by atomic mass is 16.3. The van der Waals surface area contributed by atoms with Crippen LogP contribution in [0, 0.1) is 6.92 Å². The number of furan rings is 1. The molecular weight excluding hydrogens is 274 g/mol. The van der Waals surface area contributed by atoms with Gasteiger partial charge in [0.2, 0.25) is 0 Å². The fourth-order valence-corrected chi connectivity index (χ4v) is 2.94. The van der Waals surface area contributed by atoms with Crippen molar-refractivity contribution in [1.29, 1.82) is 0 Å². The molecule has 1 aromatic heterocycles. The van der Waals surface area contributed by atoms with Gasteiger partial charge in [-0.2, -0.15) is 5.10 Å². The molecule has 3 aromatic rings. The first-order valence-corrected chi connectivity index (χ1v) is 7.63. The third-order valence-corrected chi connectivity index (χ3v) is 4.28. The van der Waals surface area contributed by atoms with Crippen LogP contribution in [0.15, 0.2) is 45.9 Å². The molecule has 0 spiro atoms. The van der Waals surface area contributed by atoms with Gasteiger partial charge in [-0.15, -0.1) is 0 Å². The Morgan fingerprint density at radius 1 is 1.05 bits per heavy atom. The standard InChI is InChI=1S/C18H19N3O/c1-12(2)20-10-19-21(11-20)16-9-5-8-15-14-7-4-6-13(3)17(14)22-18(15)16/h4-10,12H,11H2,1-3H3. The second-order valence-corrected chi connectivity index (χ2v) is 6.09. The lowest BCUT2D eigenvalue weighted by atomic mass is 10.1. The average Bonchev–Trinajstić information content (AvgIpc) is 3.12. The van der Waals surface area contributed by atoms with Crippen molar-refractivity contribution in [2.75, 3.05) is 11.7 Å². The number of fused-ring (bicyclic) bond motifs is 3. The Labute approximate surface area is 129 Å². The predicted molar refractivity (Wildman–Crippen MR) is 91.3 cm³/mol. The number of hydrogen-bond donors (Lipinski definition) is 0. The van der Waals surface area contributed by atoms with Crippen LogP contribution in [0.2, 0.25) is 0 Å². The van der Waals surface area contributed by atoms with Gasteiger partial charge in [-0.05, 0) is 32.4 Å². The molecule has 0 amide bonds. The molecule has 0 radical (unpaired) electrons. The second-order valence-electron chi connectivity index (χ2n) is 6.09. The van der Waals surface area contributed by atoms with Gasteiger partial charge in [0.25, 0.3) is 0 Å². The molecular formula is C18H19N3O. The van der Waals surface area contributed by atoms with E-state index in [2.05, 4.69) is 67.2 Å². The normalized spacial score (nSPS) is 14.9. The highest BCUT2D eigenvalue weighted by Crippen LogP contribution is 2.36. The van der Waals surface area contributed by atoms with Crippen molar-refractivity contribution >= 4 is 34.0 Å². The lowest BCUT2D eigenvalue weighted by Gasteiger charge is -2.22. The van der Waals surface area contributed by atoms with Crippen LogP contribution in [0.4, 0.5) is 5.69 Å². The van der Waals surface area contributed by atoms with Crippen LogP contribution < -0.4 is 5.01 Å². The molecule has 4 rings (SSSR count). The Morgan fingerprint density at radius 2 is 1.77 bits per heavy atom. The summed E-state index contributed by atoms with van der Waals surface area (Å²) in [6, 6.07) is 13.0. The molecule has 0 unspecified atom stereocenters. The minimum Gasteiger partial charge on any atom is -0.454 e. The van der Waals surface area contributed by atoms with Gasteiger partial charge >= 0.3 is 0 Å². The Hall–Kier alpha value is -2.49. The molecule has 0 aliphatic carbocycles. The van der Waals surface area contributed by atoms with Gasteiger partial charge in [-0.3, -0.25) is 0 Å². The van der Waals surface area contributed by atoms with Crippen LogP contribution in [-0.2, 0) is 0 Å². The molecule has 0 saturated carbocycles. The summed E-state index contributed by atoms with van der Waals surface area (Å²) < 4.78 is 6.19. The molecule has 0 N–H and O–H groups in total. The Bertz CT molecular complexity index is 879. The molecule has 4 nitrogen and oxygen atoms in total. The van der Waals surface area contributed by atoms with E-state index in [9.17, 15) is 0 Å². The summed E-state index contributed by atoms with van der Waals surface area (Å²) in [5.41, 5.74) is 4.06. The fourth-order valence-electron chi connectivity index (χ4n) is 2.94. The molecule has 4 heteroatoms. The van der Waals surface area contributed by atoms with Crippen LogP contribution in [0.5, 0.6) is 0 Å². The van der Waals surface area contributed by atoms with Gasteiger partial charge in [-0.1, -0.05) is 30.3 Å². The smallest absolute Gasteiger partial charge is 0.160 e. The van der Waals surface area contributed by atoms with E-state index in [4.69, 9.17) is 4.42 Å². The van der Waals surface area contributed by atoms with Crippen LogP contribution in [0.1, 0.15) is 19.4 Å². The fraction of sp³-hybridized carbons (Fsp3) is 0.278. The summed E-state index contributed by atoms with van der Waals surface area (Å²) in [6.07, 6.45) is 1.90. The van der Waals surface area contributed by atoms with E-state index in [1.165, 1.54) is 5.39 Å². The average molecular weight is 293 g/mol. The maximum atomic E-state index is 6.19. The van der Waals surface area contributed by atoms with Crippen molar-refractivity contribution in [1.82, 2.24) is 4.90 Å². The summed E-state index contributed by atoms with van der Waals surface area (Å²) in [5.74, 6) is 0. The number of hydrogen-bond acceptors (Lipinski definition) is 4. The zero-order valence-electron chi connectivity index (χ0n) is 13.1. The number of aryl methyl sites for hydroxylation is 1. The molecule has 22 heavy (non-hydrogen) atoms. The van der Waals surface area contributed by atoms with E-state index in [1.807, 2.05) is 11.3 Å². The molecule has 0 fully saturated rings. The second kappa shape index (κ2) is 4.77. The van der Waals surface area contributed by atoms with E-state index >= 15 is 0 Å². The number of anilines is 1. The number of nitrogens with zero attached hydrogens (tertiary/aromatic N) is 3. The molecule has 2 aromatic carbocycles. The molecule has 2 heterocycles. The zero-order valence-corrected chi connectivity index (χ0v) is 13.1. The zero-order chi connectivity index (χ0) is 15.3. The van der Waals surface area contributed by atoms with Crippen LogP contribution >= 0.6 is 0 Å². The van der Waals surface area contributed by atoms with E-state index in [-0.39, 0.29) is 0 Å². The maximum absolute atomic E-state index is 6.19. The van der Waals surface area contributed by atoms with E-state index in [0.29, 0.717) is 6.04 Å². The van der Waals surface area contributed by atoms with Gasteiger partial charge in [0.05, 0.1) is 0 Å². The summed E-state index contributed by atoms with van der Waals surface area (Å²) in [7, 11) is 0. The predicted octanol–water partition coefficient (Wildman–Crippen LogP) is 4.33. The minimum absolute atomic E-state index is 0.436. The Kier molecular flexibility index (Phi) is 2.86. The summed E-state index contributed by atoms with van der Waals surface area (Å²) in [6.45, 7) is 7.17. The maximum Gasteiger partial charge on any atom is 0.160 e. The van der Waals surface area contributed by atoms with E-state index in [1.54, 1.807) is 0 Å². The van der Waals surface area contributed by atoms with Gasteiger partial charge in [-0.25, -0.2) is 5.01 Å². The third-order valence-electron chi connectivity index (χ3n) is 4.28. The van der Waals surface area contributed by atoms with Gasteiger partial charge < -0.3 is 9.32 Å². The SMILES string of the molecule is Cc1cccc2c1oc1c(N3CN(C(C)C)C=N3)cccc12. The van der Waals surface area contributed by atoms with Gasteiger partial charge in [0, 0.05) is 16.8 Å². The molecule has 0 saturated heterocycles. The Balaban J connectivity index is 1.88. The third kappa shape index (κ3) is 1.87. The first kappa shape index (κ1) is 13.2. The lowest BCUT2D eigenvalue weighted by Crippen LogP contribution is -2.32. The van der Waals surface area contributed by atoms with Crippen LogP contribution in [0.25, 0.3) is 21.9 Å². The number of rotatable bonds is 2. The summed E-state index contributed by atoms with van der Waals surface area (Å²) in [5, 5.41) is 8.84. The van der Waals surface area contributed by atoms with Crippen molar-refractivity contribution in [2.45, 2.75) is 26.8 Å². The molecule has 0 atom stereocenters. The summed E-state index contributed by atoms with van der Waals surface area (Å²) in [4.78, 5) is 2.20. The largest absolute Gasteiger partial charge is 0.454 e. The molecule has 0 bridgehead atoms. The van der Waals surface area contributed by atoms with Crippen molar-refractivity contribution in [3.8, 4) is 0 Å². The molecule has 112 valence electrons. The van der Waals surface area contributed by atoms with Gasteiger partial charge in [0.15, 0.2) is 5.58 Å². The van der Waals surface area contributed by atoms with Crippen molar-refractivity contribution < 1.29 is 4.42 Å². The minimum atomic E-state index is 0.436. The van der Waals surface area contributed by atoms with E-state index < -0.39 is 0 Å². The lowest BCUT2D eigenvalue weighted by molar-refractivity contribution is 0.381. The quantitative estimate of drug-likeness (QED) is 0.705. The topological polar surface area (TPSA) is 32.0 Å². The monoisotopic (exact) mass is 293 g/mol. The molecule has 1 aliphatic rings. The first-order valence-electron chi connectivity index (χ1n) is 7.63. The van der Waals surface area contributed by atoms with Crippen molar-refractivity contribution in [3.05, 3.63) is 42.0 Å². The van der Waals surface area contributed by atoms with E-state index in [0.717, 1.165) is 34.5 Å². The van der Waals surface area contributed by atoms with Gasteiger partial charge in [0.1, 0.15) is 24.3 Å². The number of benzene rings is 2. The highest BCUT2D eigenvalue weighted by molar-refractivity contribution is 6.09. The molecule has 1 aliphatic heterocycles. The van der Waals surface area contributed by atoms with Crippen LogP contribution in [-0.4, -0.2) is 23.9 Å². The highest BCUT2D eigenvalue weighted by Gasteiger charge is 2.21. The first-order chi connectivity index (χ1) is 10.6. The Morgan fingerprint density at radius 3 is 2.50 bits per heavy atom. The number of hydrazone groups is 1. The van der Waals surface area contributed by atoms with Crippen LogP contribution in [0.3, 0.4) is 0 Å². The number of para-hydroxylation sites is 2. The van der Waals surface area contributed by atoms with Crippen molar-refractivity contribution in [2.24, 2.45) is 5.10 Å². The summed E-state index contributed by atoms with van der Waals surface area (Å²) >= 11 is 0.